The zero-order valence-electron chi connectivity index (χ0n) is 18.8. The highest BCUT2D eigenvalue weighted by Crippen LogP contribution is 2.35. The second kappa shape index (κ2) is 11.3. The van der Waals surface area contributed by atoms with Gasteiger partial charge >= 0.3 is 5.97 Å². The van der Waals surface area contributed by atoms with Crippen LogP contribution in [0, 0.1) is 0 Å². The number of esters is 1. The smallest absolute Gasteiger partial charge is 0.344 e. The Kier molecular flexibility index (Phi) is 8.26. The maximum atomic E-state index is 13.2. The molecular formula is C24H27N3O5S. The highest BCUT2D eigenvalue weighted by atomic mass is 32.1. The Hall–Kier alpha value is -3.59. The molecule has 0 unspecified atom stereocenters. The first-order chi connectivity index (χ1) is 15.9. The summed E-state index contributed by atoms with van der Waals surface area (Å²) in [7, 11) is 0. The minimum absolute atomic E-state index is 0.229. The van der Waals surface area contributed by atoms with Gasteiger partial charge in [0.2, 0.25) is 0 Å². The highest BCUT2D eigenvalue weighted by molar-refractivity contribution is 7.80. The lowest BCUT2D eigenvalue weighted by Gasteiger charge is -2.30. The SMILES string of the molecule is CCOC(=O)COc1ccc([C@H]2NC(=S)NC(C)=C2C(=O)Nc2ccccc2)cc1OCC. The lowest BCUT2D eigenvalue weighted by molar-refractivity contribution is -0.145. The Morgan fingerprint density at radius 3 is 2.48 bits per heavy atom. The van der Waals surface area contributed by atoms with E-state index < -0.39 is 12.0 Å². The summed E-state index contributed by atoms with van der Waals surface area (Å²) >= 11 is 5.34. The maximum absolute atomic E-state index is 13.2. The number of carbonyl (C=O) groups excluding carboxylic acids is 2. The predicted octanol–water partition coefficient (Wildman–Crippen LogP) is 3.46. The van der Waals surface area contributed by atoms with Crippen molar-refractivity contribution in [3.8, 4) is 11.5 Å². The van der Waals surface area contributed by atoms with E-state index in [0.717, 1.165) is 5.56 Å². The Morgan fingerprint density at radius 1 is 1.03 bits per heavy atom. The Morgan fingerprint density at radius 2 is 1.79 bits per heavy atom. The maximum Gasteiger partial charge on any atom is 0.344 e. The van der Waals surface area contributed by atoms with E-state index in [-0.39, 0.29) is 19.1 Å². The van der Waals surface area contributed by atoms with Crippen LogP contribution in [0.5, 0.6) is 11.5 Å². The van der Waals surface area contributed by atoms with Crippen LogP contribution in [0.3, 0.4) is 0 Å². The number of amides is 1. The average Bonchev–Trinajstić information content (AvgIpc) is 2.78. The van der Waals surface area contributed by atoms with E-state index in [1.807, 2.05) is 37.3 Å². The highest BCUT2D eigenvalue weighted by Gasteiger charge is 2.30. The zero-order valence-corrected chi connectivity index (χ0v) is 19.6. The standard InChI is InChI=1S/C24H27N3O5S/c1-4-30-19-13-16(11-12-18(19)32-14-20(28)31-5-2)22-21(15(3)25-24(33)27-22)23(29)26-17-9-7-6-8-10-17/h6-13,22H,4-5,14H2,1-3H3,(H,26,29)(H2,25,27,33)/t22-/m1/s1. The van der Waals surface area contributed by atoms with E-state index in [2.05, 4.69) is 16.0 Å². The number of hydrogen-bond acceptors (Lipinski definition) is 6. The van der Waals surface area contributed by atoms with E-state index in [1.165, 1.54) is 0 Å². The summed E-state index contributed by atoms with van der Waals surface area (Å²) in [4.78, 5) is 24.9. The molecule has 0 aromatic heterocycles. The van der Waals surface area contributed by atoms with Gasteiger partial charge in [0.05, 0.1) is 24.8 Å². The molecule has 3 rings (SSSR count). The van der Waals surface area contributed by atoms with Gasteiger partial charge in [-0.2, -0.15) is 0 Å². The van der Waals surface area contributed by atoms with Crippen molar-refractivity contribution in [2.45, 2.75) is 26.8 Å². The fraction of sp³-hybridized carbons (Fsp3) is 0.292. The molecule has 2 aromatic carbocycles. The zero-order chi connectivity index (χ0) is 23.8. The van der Waals surface area contributed by atoms with Crippen molar-refractivity contribution < 1.29 is 23.8 Å². The van der Waals surface area contributed by atoms with Crippen LogP contribution in [-0.4, -0.2) is 36.8 Å². The topological polar surface area (TPSA) is 97.9 Å². The van der Waals surface area contributed by atoms with Gasteiger partial charge in [-0.05, 0) is 62.8 Å². The fourth-order valence-electron chi connectivity index (χ4n) is 3.40. The molecule has 1 amide bonds. The van der Waals surface area contributed by atoms with Crippen LogP contribution in [0.1, 0.15) is 32.4 Å². The number of para-hydroxylation sites is 1. The summed E-state index contributed by atoms with van der Waals surface area (Å²) in [6.07, 6.45) is 0. The molecule has 8 nitrogen and oxygen atoms in total. The minimum atomic E-state index is -0.513. The van der Waals surface area contributed by atoms with Crippen LogP contribution < -0.4 is 25.4 Å². The predicted molar refractivity (Wildman–Crippen MR) is 129 cm³/mol. The van der Waals surface area contributed by atoms with Gasteiger partial charge in [-0.25, -0.2) is 4.79 Å². The summed E-state index contributed by atoms with van der Waals surface area (Å²) in [5, 5.41) is 9.53. The molecule has 3 N–H and O–H groups in total. The minimum Gasteiger partial charge on any atom is -0.490 e. The van der Waals surface area contributed by atoms with Crippen LogP contribution in [0.2, 0.25) is 0 Å². The molecule has 1 heterocycles. The lowest BCUT2D eigenvalue weighted by Crippen LogP contribution is -2.45. The third-order valence-electron chi connectivity index (χ3n) is 4.80. The van der Waals surface area contributed by atoms with Crippen LogP contribution in [0.4, 0.5) is 5.69 Å². The number of anilines is 1. The molecule has 1 aliphatic rings. The molecule has 0 fully saturated rings. The second-order valence-corrected chi connectivity index (χ2v) is 7.53. The molecule has 174 valence electrons. The molecule has 0 saturated carbocycles. The number of thiocarbonyl (C=S) groups is 1. The van der Waals surface area contributed by atoms with Gasteiger partial charge in [0.1, 0.15) is 0 Å². The summed E-state index contributed by atoms with van der Waals surface area (Å²) in [6.45, 7) is 5.83. The molecule has 0 aliphatic carbocycles. The number of hydrogen-bond donors (Lipinski definition) is 3. The summed E-state index contributed by atoms with van der Waals surface area (Å²) in [5.74, 6) is 0.131. The first-order valence-corrected chi connectivity index (χ1v) is 11.0. The second-order valence-electron chi connectivity index (χ2n) is 7.12. The van der Waals surface area contributed by atoms with Crippen LogP contribution in [-0.2, 0) is 14.3 Å². The lowest BCUT2D eigenvalue weighted by atomic mass is 9.94. The third-order valence-corrected chi connectivity index (χ3v) is 5.02. The van der Waals surface area contributed by atoms with E-state index in [1.54, 1.807) is 32.0 Å². The molecule has 1 atom stereocenters. The molecule has 9 heteroatoms. The van der Waals surface area contributed by atoms with Crippen LogP contribution in [0.15, 0.2) is 59.8 Å². The summed E-state index contributed by atoms with van der Waals surface area (Å²) < 4.78 is 16.2. The van der Waals surface area contributed by atoms with Crippen LogP contribution in [0.25, 0.3) is 0 Å². The molecule has 0 spiro atoms. The number of benzene rings is 2. The van der Waals surface area contributed by atoms with Gasteiger partial charge in [0.15, 0.2) is 23.2 Å². The van der Waals surface area contributed by atoms with Crippen molar-refractivity contribution in [2.75, 3.05) is 25.1 Å². The molecular weight excluding hydrogens is 442 g/mol. The van der Waals surface area contributed by atoms with E-state index in [9.17, 15) is 9.59 Å². The number of carbonyl (C=O) groups is 2. The van der Waals surface area contributed by atoms with Crippen molar-refractivity contribution in [1.82, 2.24) is 10.6 Å². The van der Waals surface area contributed by atoms with E-state index >= 15 is 0 Å². The molecule has 1 aliphatic heterocycles. The molecule has 0 bridgehead atoms. The van der Waals surface area contributed by atoms with E-state index in [4.69, 9.17) is 26.4 Å². The number of rotatable bonds is 9. The normalized spacial score (nSPS) is 15.2. The molecule has 0 saturated heterocycles. The van der Waals surface area contributed by atoms with Gasteiger partial charge in [-0.1, -0.05) is 24.3 Å². The number of allylic oxidation sites excluding steroid dienone is 1. The van der Waals surface area contributed by atoms with Gasteiger partial charge in [-0.3, -0.25) is 4.79 Å². The Labute approximate surface area is 198 Å². The van der Waals surface area contributed by atoms with Crippen LogP contribution >= 0.6 is 12.2 Å². The third kappa shape index (κ3) is 6.23. The van der Waals surface area contributed by atoms with Gasteiger partial charge in [0, 0.05) is 11.4 Å². The van der Waals surface area contributed by atoms with Crippen molar-refractivity contribution in [3.05, 3.63) is 65.4 Å². The summed E-state index contributed by atoms with van der Waals surface area (Å²) in [5.41, 5.74) is 2.59. The van der Waals surface area contributed by atoms with Crippen molar-refractivity contribution in [1.29, 1.82) is 0 Å². The largest absolute Gasteiger partial charge is 0.490 e. The first-order valence-electron chi connectivity index (χ1n) is 10.6. The Bertz CT molecular complexity index is 1060. The summed E-state index contributed by atoms with van der Waals surface area (Å²) in [6, 6.07) is 14.0. The van der Waals surface area contributed by atoms with Gasteiger partial charge in [-0.15, -0.1) is 0 Å². The first kappa shape index (κ1) is 24.1. The van der Waals surface area contributed by atoms with Crippen molar-refractivity contribution in [2.24, 2.45) is 0 Å². The van der Waals surface area contributed by atoms with Gasteiger partial charge < -0.3 is 30.2 Å². The fourth-order valence-corrected chi connectivity index (χ4v) is 3.67. The van der Waals surface area contributed by atoms with Gasteiger partial charge in [0.25, 0.3) is 5.91 Å². The Balaban J connectivity index is 1.90. The molecule has 33 heavy (non-hydrogen) atoms. The average molecular weight is 470 g/mol. The monoisotopic (exact) mass is 469 g/mol. The quantitative estimate of drug-likeness (QED) is 0.380. The molecule has 0 radical (unpaired) electrons. The molecule has 2 aromatic rings. The van der Waals surface area contributed by atoms with Crippen molar-refractivity contribution >= 4 is 34.9 Å². The number of nitrogens with one attached hydrogen (secondary N) is 3. The number of ether oxygens (including phenoxy) is 3. The van der Waals surface area contributed by atoms with E-state index in [0.29, 0.717) is 40.2 Å². The van der Waals surface area contributed by atoms with Crippen molar-refractivity contribution in [3.63, 3.8) is 0 Å².